The largest absolute Gasteiger partial charge is 0.378 e. The van der Waals surface area contributed by atoms with Gasteiger partial charge in [-0.3, -0.25) is 0 Å². The molecule has 2 nitrogen and oxygen atoms in total. The molecule has 1 aromatic rings. The van der Waals surface area contributed by atoms with E-state index < -0.39 is 0 Å². The Bertz CT molecular complexity index is 433. The molecule has 0 aromatic heterocycles. The third-order valence-corrected chi connectivity index (χ3v) is 4.58. The smallest absolute Gasteiger partial charge is 0.0576 e. The second-order valence-electron chi connectivity index (χ2n) is 5.74. The molecule has 1 heterocycles. The fourth-order valence-electron chi connectivity index (χ4n) is 2.89. The molecule has 2 unspecified atom stereocenters. The Hall–Kier alpha value is -0.280. The van der Waals surface area contributed by atoms with E-state index in [1.807, 2.05) is 18.2 Å². The van der Waals surface area contributed by atoms with Gasteiger partial charge in [-0.25, -0.2) is 0 Å². The van der Waals surface area contributed by atoms with E-state index in [9.17, 15) is 0 Å². The number of rotatable bonds is 8. The molecular weight excluding hydrogens is 305 g/mol. The predicted molar refractivity (Wildman–Crippen MR) is 90.3 cm³/mol. The van der Waals surface area contributed by atoms with Crippen LogP contribution < -0.4 is 5.32 Å². The van der Waals surface area contributed by atoms with E-state index in [1.165, 1.54) is 12.8 Å². The molecule has 118 valence electrons. The maximum absolute atomic E-state index is 6.36. The molecule has 0 spiro atoms. The second-order valence-corrected chi connectivity index (χ2v) is 6.58. The van der Waals surface area contributed by atoms with Crippen LogP contribution in [0, 0.1) is 0 Å². The van der Waals surface area contributed by atoms with Gasteiger partial charge in [0, 0.05) is 22.7 Å². The molecule has 1 saturated heterocycles. The first-order valence-electron chi connectivity index (χ1n) is 8.00. The first kappa shape index (κ1) is 17.1. The molecule has 0 saturated carbocycles. The average molecular weight is 330 g/mol. The van der Waals surface area contributed by atoms with Crippen molar-refractivity contribution in [1.29, 1.82) is 0 Å². The molecule has 0 radical (unpaired) electrons. The van der Waals surface area contributed by atoms with Crippen LogP contribution in [0.4, 0.5) is 0 Å². The van der Waals surface area contributed by atoms with Gasteiger partial charge in [-0.2, -0.15) is 0 Å². The molecule has 1 aromatic carbocycles. The minimum absolute atomic E-state index is 0.302. The highest BCUT2D eigenvalue weighted by atomic mass is 35.5. The summed E-state index contributed by atoms with van der Waals surface area (Å²) in [5.74, 6) is 0. The summed E-state index contributed by atoms with van der Waals surface area (Å²) in [6.07, 6.45) is 7.41. The number of ether oxygens (including phenoxy) is 1. The molecule has 0 bridgehead atoms. The highest BCUT2D eigenvalue weighted by Gasteiger charge is 2.18. The van der Waals surface area contributed by atoms with E-state index in [0.29, 0.717) is 17.2 Å². The fourth-order valence-corrected chi connectivity index (χ4v) is 3.43. The second kappa shape index (κ2) is 8.99. The van der Waals surface area contributed by atoms with Crippen molar-refractivity contribution >= 4 is 23.2 Å². The molecule has 1 N–H and O–H groups in total. The summed E-state index contributed by atoms with van der Waals surface area (Å²) in [7, 11) is 0. The van der Waals surface area contributed by atoms with Crippen LogP contribution in [0.25, 0.3) is 0 Å². The highest BCUT2D eigenvalue weighted by Crippen LogP contribution is 2.30. The van der Waals surface area contributed by atoms with Gasteiger partial charge in [0.05, 0.1) is 6.10 Å². The standard InChI is InChI=1S/C17H25Cl2NO/c1-2-10-20-17(7-3-5-14-6-4-11-21-14)15-9-8-13(18)12-16(15)19/h8-9,12,14,17,20H,2-7,10-11H2,1H3. The summed E-state index contributed by atoms with van der Waals surface area (Å²) >= 11 is 12.4. The molecule has 1 aliphatic heterocycles. The van der Waals surface area contributed by atoms with Gasteiger partial charge in [-0.05, 0) is 62.8 Å². The van der Waals surface area contributed by atoms with Crippen LogP contribution in [0.15, 0.2) is 18.2 Å². The van der Waals surface area contributed by atoms with Gasteiger partial charge in [0.25, 0.3) is 0 Å². The molecule has 2 rings (SSSR count). The predicted octanol–water partition coefficient (Wildman–Crippen LogP) is 5.38. The lowest BCUT2D eigenvalue weighted by atomic mass is 9.99. The summed E-state index contributed by atoms with van der Waals surface area (Å²) in [5, 5.41) is 5.05. The molecule has 21 heavy (non-hydrogen) atoms. The van der Waals surface area contributed by atoms with Crippen molar-refractivity contribution in [2.24, 2.45) is 0 Å². The van der Waals surface area contributed by atoms with Crippen molar-refractivity contribution in [1.82, 2.24) is 5.32 Å². The zero-order chi connectivity index (χ0) is 15.1. The number of hydrogen-bond acceptors (Lipinski definition) is 2. The summed E-state index contributed by atoms with van der Waals surface area (Å²) in [6.45, 7) is 4.12. The van der Waals surface area contributed by atoms with Crippen LogP contribution in [0.1, 0.15) is 57.1 Å². The molecule has 2 atom stereocenters. The van der Waals surface area contributed by atoms with Crippen molar-refractivity contribution < 1.29 is 4.74 Å². The maximum atomic E-state index is 6.36. The van der Waals surface area contributed by atoms with Gasteiger partial charge in [0.1, 0.15) is 0 Å². The van der Waals surface area contributed by atoms with Crippen LogP contribution in [0.3, 0.4) is 0 Å². The molecular formula is C17H25Cl2NO. The lowest BCUT2D eigenvalue weighted by Crippen LogP contribution is -2.23. The summed E-state index contributed by atoms with van der Waals surface area (Å²) in [6, 6.07) is 6.10. The van der Waals surface area contributed by atoms with E-state index in [0.717, 1.165) is 49.4 Å². The molecule has 4 heteroatoms. The highest BCUT2D eigenvalue weighted by molar-refractivity contribution is 6.35. The quantitative estimate of drug-likeness (QED) is 0.690. The van der Waals surface area contributed by atoms with Crippen molar-refractivity contribution in [3.05, 3.63) is 33.8 Å². The monoisotopic (exact) mass is 329 g/mol. The van der Waals surface area contributed by atoms with Gasteiger partial charge in [0.15, 0.2) is 0 Å². The van der Waals surface area contributed by atoms with Crippen molar-refractivity contribution in [2.45, 2.75) is 57.6 Å². The number of hydrogen-bond donors (Lipinski definition) is 1. The van der Waals surface area contributed by atoms with Gasteiger partial charge in [-0.15, -0.1) is 0 Å². The number of halogens is 2. The van der Waals surface area contributed by atoms with E-state index in [1.54, 1.807) is 0 Å². The van der Waals surface area contributed by atoms with Gasteiger partial charge >= 0.3 is 0 Å². The first-order valence-corrected chi connectivity index (χ1v) is 8.76. The average Bonchev–Trinajstić information content (AvgIpc) is 2.96. The van der Waals surface area contributed by atoms with Crippen LogP contribution in [-0.4, -0.2) is 19.3 Å². The Morgan fingerprint density at radius 2 is 2.24 bits per heavy atom. The Morgan fingerprint density at radius 3 is 2.90 bits per heavy atom. The van der Waals surface area contributed by atoms with E-state index in [2.05, 4.69) is 12.2 Å². The molecule has 0 aliphatic carbocycles. The van der Waals surface area contributed by atoms with Crippen LogP contribution in [0.5, 0.6) is 0 Å². The molecule has 1 aliphatic rings. The zero-order valence-electron chi connectivity index (χ0n) is 12.7. The van der Waals surface area contributed by atoms with Gasteiger partial charge in [0.2, 0.25) is 0 Å². The lowest BCUT2D eigenvalue weighted by molar-refractivity contribution is 0.101. The maximum Gasteiger partial charge on any atom is 0.0576 e. The van der Waals surface area contributed by atoms with E-state index in [4.69, 9.17) is 27.9 Å². The van der Waals surface area contributed by atoms with Crippen molar-refractivity contribution in [3.8, 4) is 0 Å². The molecule has 1 fully saturated rings. The summed E-state index contributed by atoms with van der Waals surface area (Å²) in [5.41, 5.74) is 1.15. The van der Waals surface area contributed by atoms with E-state index in [-0.39, 0.29) is 0 Å². The third-order valence-electron chi connectivity index (χ3n) is 4.02. The topological polar surface area (TPSA) is 21.3 Å². The minimum Gasteiger partial charge on any atom is -0.378 e. The van der Waals surface area contributed by atoms with Crippen LogP contribution in [-0.2, 0) is 4.74 Å². The van der Waals surface area contributed by atoms with Crippen LogP contribution in [0.2, 0.25) is 10.0 Å². The van der Waals surface area contributed by atoms with Crippen LogP contribution >= 0.6 is 23.2 Å². The van der Waals surface area contributed by atoms with Gasteiger partial charge in [-0.1, -0.05) is 36.2 Å². The normalized spacial score (nSPS) is 19.9. The number of nitrogens with one attached hydrogen (secondary N) is 1. The fraction of sp³-hybridized carbons (Fsp3) is 0.647. The van der Waals surface area contributed by atoms with Crippen molar-refractivity contribution in [2.75, 3.05) is 13.2 Å². The lowest BCUT2D eigenvalue weighted by Gasteiger charge is -2.21. The Labute approximate surface area is 138 Å². The van der Waals surface area contributed by atoms with Crippen molar-refractivity contribution in [3.63, 3.8) is 0 Å². The molecule has 0 amide bonds. The first-order chi connectivity index (χ1) is 10.2. The minimum atomic E-state index is 0.302. The van der Waals surface area contributed by atoms with E-state index >= 15 is 0 Å². The zero-order valence-corrected chi connectivity index (χ0v) is 14.2. The number of benzene rings is 1. The Kier molecular flexibility index (Phi) is 7.31. The SMILES string of the molecule is CCCNC(CCCC1CCCO1)c1ccc(Cl)cc1Cl. The Balaban J connectivity index is 1.92. The summed E-state index contributed by atoms with van der Waals surface area (Å²) < 4.78 is 5.70. The summed E-state index contributed by atoms with van der Waals surface area (Å²) in [4.78, 5) is 0. The third kappa shape index (κ3) is 5.45. The Morgan fingerprint density at radius 1 is 1.38 bits per heavy atom. The van der Waals surface area contributed by atoms with Gasteiger partial charge < -0.3 is 10.1 Å².